The summed E-state index contributed by atoms with van der Waals surface area (Å²) in [5.74, 6) is 0.795. The van der Waals surface area contributed by atoms with Crippen LogP contribution >= 0.6 is 15.9 Å². The van der Waals surface area contributed by atoms with E-state index in [1.165, 1.54) is 25.7 Å². The molecule has 0 saturated heterocycles. The fourth-order valence-electron chi connectivity index (χ4n) is 2.79. The summed E-state index contributed by atoms with van der Waals surface area (Å²) in [5, 5.41) is 0. The van der Waals surface area contributed by atoms with Crippen LogP contribution in [0.1, 0.15) is 43.0 Å². The van der Waals surface area contributed by atoms with Gasteiger partial charge in [-0.25, -0.2) is 0 Å². The van der Waals surface area contributed by atoms with Crippen LogP contribution in [0.4, 0.5) is 5.69 Å². The molecule has 1 saturated carbocycles. The number of rotatable bonds is 5. The molecule has 98 valence electrons. The van der Waals surface area contributed by atoms with Crippen molar-refractivity contribution in [2.24, 2.45) is 5.92 Å². The number of halogens is 1. The maximum absolute atomic E-state index is 11.2. The second kappa shape index (κ2) is 6.37. The molecular formula is C15H20BrNO. The summed E-state index contributed by atoms with van der Waals surface area (Å²) in [6.07, 6.45) is 6.35. The van der Waals surface area contributed by atoms with Gasteiger partial charge in [-0.2, -0.15) is 0 Å². The van der Waals surface area contributed by atoms with Gasteiger partial charge in [0.05, 0.1) is 0 Å². The molecule has 0 N–H and O–H groups in total. The molecule has 0 atom stereocenters. The zero-order valence-corrected chi connectivity index (χ0v) is 12.4. The zero-order valence-electron chi connectivity index (χ0n) is 10.9. The zero-order chi connectivity index (χ0) is 13.0. The van der Waals surface area contributed by atoms with Gasteiger partial charge in [0.15, 0.2) is 6.29 Å². The summed E-state index contributed by atoms with van der Waals surface area (Å²) in [6, 6.07) is 5.88. The Morgan fingerprint density at radius 3 is 2.72 bits per heavy atom. The van der Waals surface area contributed by atoms with E-state index >= 15 is 0 Å². The van der Waals surface area contributed by atoms with Crippen LogP contribution in [0.25, 0.3) is 0 Å². The van der Waals surface area contributed by atoms with Crippen molar-refractivity contribution < 1.29 is 4.79 Å². The van der Waals surface area contributed by atoms with Crippen LogP contribution in [0.5, 0.6) is 0 Å². The SMILES string of the molecule is CCN(CC1CCCC1)c1cc(Br)ccc1C=O. The van der Waals surface area contributed by atoms with Crippen molar-refractivity contribution in [2.45, 2.75) is 32.6 Å². The summed E-state index contributed by atoms with van der Waals surface area (Å²) in [5.41, 5.74) is 1.85. The average molecular weight is 310 g/mol. The molecule has 0 radical (unpaired) electrons. The Kier molecular flexibility index (Phi) is 4.81. The van der Waals surface area contributed by atoms with Crippen LogP contribution in [-0.4, -0.2) is 19.4 Å². The fourth-order valence-corrected chi connectivity index (χ4v) is 3.14. The summed E-state index contributed by atoms with van der Waals surface area (Å²) >= 11 is 3.49. The number of anilines is 1. The van der Waals surface area contributed by atoms with E-state index in [1.54, 1.807) is 0 Å². The third-order valence-corrected chi connectivity index (χ3v) is 4.29. The molecule has 0 heterocycles. The Labute approximate surface area is 117 Å². The van der Waals surface area contributed by atoms with E-state index in [1.807, 2.05) is 12.1 Å². The Bertz CT molecular complexity index is 413. The number of nitrogens with zero attached hydrogens (tertiary/aromatic N) is 1. The van der Waals surface area contributed by atoms with Crippen LogP contribution in [0.15, 0.2) is 22.7 Å². The summed E-state index contributed by atoms with van der Waals surface area (Å²) in [7, 11) is 0. The van der Waals surface area contributed by atoms with E-state index in [9.17, 15) is 4.79 Å². The number of aldehydes is 1. The third-order valence-electron chi connectivity index (χ3n) is 3.80. The first kappa shape index (κ1) is 13.6. The quantitative estimate of drug-likeness (QED) is 0.757. The summed E-state index contributed by atoms with van der Waals surface area (Å²) in [4.78, 5) is 13.5. The Morgan fingerprint density at radius 1 is 1.39 bits per heavy atom. The molecule has 2 rings (SSSR count). The number of carbonyl (C=O) groups excluding carboxylic acids is 1. The molecular weight excluding hydrogens is 290 g/mol. The molecule has 18 heavy (non-hydrogen) atoms. The van der Waals surface area contributed by atoms with Gasteiger partial charge in [-0.15, -0.1) is 0 Å². The molecule has 0 amide bonds. The van der Waals surface area contributed by atoms with Gasteiger partial charge in [0.25, 0.3) is 0 Å². The molecule has 1 aromatic rings. The first-order chi connectivity index (χ1) is 8.74. The second-order valence-electron chi connectivity index (χ2n) is 5.01. The predicted molar refractivity (Wildman–Crippen MR) is 79.4 cm³/mol. The maximum atomic E-state index is 11.2. The maximum Gasteiger partial charge on any atom is 0.152 e. The lowest BCUT2D eigenvalue weighted by molar-refractivity contribution is 0.112. The lowest BCUT2D eigenvalue weighted by Crippen LogP contribution is -2.29. The molecule has 3 heteroatoms. The second-order valence-corrected chi connectivity index (χ2v) is 5.93. The van der Waals surface area contributed by atoms with E-state index in [0.29, 0.717) is 0 Å². The molecule has 0 unspecified atom stereocenters. The normalized spacial score (nSPS) is 15.9. The van der Waals surface area contributed by atoms with Gasteiger partial charge >= 0.3 is 0 Å². The van der Waals surface area contributed by atoms with E-state index in [0.717, 1.165) is 41.0 Å². The molecule has 1 aliphatic rings. The minimum Gasteiger partial charge on any atom is -0.371 e. The lowest BCUT2D eigenvalue weighted by Gasteiger charge is -2.27. The molecule has 0 aliphatic heterocycles. The van der Waals surface area contributed by atoms with Crippen molar-refractivity contribution in [2.75, 3.05) is 18.0 Å². The highest BCUT2D eigenvalue weighted by Gasteiger charge is 2.19. The van der Waals surface area contributed by atoms with Crippen LogP contribution in [0.2, 0.25) is 0 Å². The Morgan fingerprint density at radius 2 is 2.11 bits per heavy atom. The molecule has 0 aromatic heterocycles. The number of hydrogen-bond acceptors (Lipinski definition) is 2. The summed E-state index contributed by atoms with van der Waals surface area (Å²) < 4.78 is 1.04. The van der Waals surface area contributed by atoms with Gasteiger partial charge in [0.2, 0.25) is 0 Å². The summed E-state index contributed by atoms with van der Waals surface area (Å²) in [6.45, 7) is 4.19. The molecule has 0 bridgehead atoms. The highest BCUT2D eigenvalue weighted by Crippen LogP contribution is 2.29. The first-order valence-corrected chi connectivity index (χ1v) is 7.53. The molecule has 0 spiro atoms. The minimum absolute atomic E-state index is 0.790. The molecule has 2 nitrogen and oxygen atoms in total. The lowest BCUT2D eigenvalue weighted by atomic mass is 10.1. The van der Waals surface area contributed by atoms with Crippen molar-refractivity contribution >= 4 is 27.9 Å². The van der Waals surface area contributed by atoms with Gasteiger partial charge in [-0.05, 0) is 43.9 Å². The van der Waals surface area contributed by atoms with Crippen molar-refractivity contribution in [1.82, 2.24) is 0 Å². The van der Waals surface area contributed by atoms with Gasteiger partial charge in [-0.1, -0.05) is 28.8 Å². The van der Waals surface area contributed by atoms with Crippen LogP contribution < -0.4 is 4.90 Å². The molecule has 1 fully saturated rings. The van der Waals surface area contributed by atoms with Crippen molar-refractivity contribution in [1.29, 1.82) is 0 Å². The minimum atomic E-state index is 0.790. The average Bonchev–Trinajstić information content (AvgIpc) is 2.88. The highest BCUT2D eigenvalue weighted by molar-refractivity contribution is 9.10. The molecule has 1 aromatic carbocycles. The smallest absolute Gasteiger partial charge is 0.152 e. The third kappa shape index (κ3) is 3.14. The van der Waals surface area contributed by atoms with Gasteiger partial charge in [-0.3, -0.25) is 4.79 Å². The topological polar surface area (TPSA) is 20.3 Å². The molecule has 1 aliphatic carbocycles. The predicted octanol–water partition coefficient (Wildman–Crippen LogP) is 4.28. The monoisotopic (exact) mass is 309 g/mol. The first-order valence-electron chi connectivity index (χ1n) is 6.74. The van der Waals surface area contributed by atoms with Gasteiger partial charge in [0.1, 0.15) is 0 Å². The van der Waals surface area contributed by atoms with E-state index in [4.69, 9.17) is 0 Å². The van der Waals surface area contributed by atoms with E-state index in [-0.39, 0.29) is 0 Å². The van der Waals surface area contributed by atoms with Crippen molar-refractivity contribution in [3.63, 3.8) is 0 Å². The fraction of sp³-hybridized carbons (Fsp3) is 0.533. The van der Waals surface area contributed by atoms with Crippen molar-refractivity contribution in [3.8, 4) is 0 Å². The largest absolute Gasteiger partial charge is 0.371 e. The Hall–Kier alpha value is -0.830. The highest BCUT2D eigenvalue weighted by atomic mass is 79.9. The van der Waals surface area contributed by atoms with E-state index < -0.39 is 0 Å². The van der Waals surface area contributed by atoms with E-state index in [2.05, 4.69) is 33.8 Å². The number of hydrogen-bond donors (Lipinski definition) is 0. The van der Waals surface area contributed by atoms with Crippen molar-refractivity contribution in [3.05, 3.63) is 28.2 Å². The standard InChI is InChI=1S/C15H20BrNO/c1-2-17(10-12-5-3-4-6-12)15-9-14(16)8-7-13(15)11-18/h7-9,11-12H,2-6,10H2,1H3. The van der Waals surface area contributed by atoms with Crippen LogP contribution in [-0.2, 0) is 0 Å². The van der Waals surface area contributed by atoms with Crippen LogP contribution in [0.3, 0.4) is 0 Å². The van der Waals surface area contributed by atoms with Gasteiger partial charge in [0, 0.05) is 28.8 Å². The Balaban J connectivity index is 2.19. The van der Waals surface area contributed by atoms with Gasteiger partial charge < -0.3 is 4.90 Å². The van der Waals surface area contributed by atoms with Crippen LogP contribution in [0, 0.1) is 5.92 Å². The number of benzene rings is 1. The number of carbonyl (C=O) groups is 1.